The smallest absolute Gasteiger partial charge is 0.0600 e. The molecule has 122 valence electrons. The van der Waals surface area contributed by atoms with E-state index in [9.17, 15) is 0 Å². The van der Waals surface area contributed by atoms with E-state index in [4.69, 9.17) is 4.74 Å². The van der Waals surface area contributed by atoms with Gasteiger partial charge in [0, 0.05) is 13.1 Å². The molecule has 3 fully saturated rings. The molecule has 3 saturated heterocycles. The minimum atomic E-state index is 0.513. The van der Waals surface area contributed by atoms with Crippen molar-refractivity contribution < 1.29 is 4.74 Å². The first-order valence-corrected chi connectivity index (χ1v) is 9.17. The molecule has 0 aromatic heterocycles. The maximum atomic E-state index is 6.03. The predicted octanol–water partition coefficient (Wildman–Crippen LogP) is 1.56. The Balaban J connectivity index is 1.25. The molecule has 0 bridgehead atoms. The van der Waals surface area contributed by atoms with Crippen molar-refractivity contribution in [1.82, 2.24) is 15.1 Å². The maximum Gasteiger partial charge on any atom is 0.0600 e. The highest BCUT2D eigenvalue weighted by Crippen LogP contribution is 2.20. The van der Waals surface area contributed by atoms with E-state index in [1.165, 1.54) is 71.2 Å². The summed E-state index contributed by atoms with van der Waals surface area (Å²) in [6, 6.07) is 0. The van der Waals surface area contributed by atoms with Gasteiger partial charge in [-0.2, -0.15) is 0 Å². The van der Waals surface area contributed by atoms with Crippen LogP contribution in [0.2, 0.25) is 0 Å². The van der Waals surface area contributed by atoms with E-state index in [-0.39, 0.29) is 0 Å². The average Bonchev–Trinajstić information content (AvgIpc) is 3.03. The van der Waals surface area contributed by atoms with Gasteiger partial charge >= 0.3 is 0 Å². The monoisotopic (exact) mass is 295 g/mol. The molecule has 0 aromatic carbocycles. The Labute approximate surface area is 130 Å². The lowest BCUT2D eigenvalue weighted by Crippen LogP contribution is -2.40. The lowest BCUT2D eigenvalue weighted by molar-refractivity contribution is 0.0148. The van der Waals surface area contributed by atoms with Crippen LogP contribution < -0.4 is 5.32 Å². The van der Waals surface area contributed by atoms with Crippen LogP contribution in [0.1, 0.15) is 38.5 Å². The standard InChI is InChI=1S/C17H33N3O/c1-2-10-20(9-1)15-16-5-11-19(12-6-16)13-14-21-17-3-7-18-8-4-17/h16-18H,1-15H2. The van der Waals surface area contributed by atoms with Crippen molar-refractivity contribution in [1.29, 1.82) is 0 Å². The summed E-state index contributed by atoms with van der Waals surface area (Å²) in [4.78, 5) is 5.29. The van der Waals surface area contributed by atoms with Crippen molar-refractivity contribution in [2.24, 2.45) is 5.92 Å². The lowest BCUT2D eigenvalue weighted by atomic mass is 9.96. The van der Waals surface area contributed by atoms with E-state index in [0.717, 1.165) is 32.2 Å². The fourth-order valence-corrected chi connectivity index (χ4v) is 4.03. The second-order valence-electron chi connectivity index (χ2n) is 7.11. The van der Waals surface area contributed by atoms with Gasteiger partial charge in [-0.15, -0.1) is 0 Å². The van der Waals surface area contributed by atoms with E-state index < -0.39 is 0 Å². The highest BCUT2D eigenvalue weighted by Gasteiger charge is 2.23. The van der Waals surface area contributed by atoms with Crippen molar-refractivity contribution in [2.75, 3.05) is 59.0 Å². The molecule has 21 heavy (non-hydrogen) atoms. The second-order valence-corrected chi connectivity index (χ2v) is 7.11. The molecule has 0 aromatic rings. The van der Waals surface area contributed by atoms with Crippen LogP contribution in [0.15, 0.2) is 0 Å². The Hall–Kier alpha value is -0.160. The molecule has 0 amide bonds. The topological polar surface area (TPSA) is 27.7 Å². The third kappa shape index (κ3) is 5.20. The van der Waals surface area contributed by atoms with Gasteiger partial charge in [0.25, 0.3) is 0 Å². The van der Waals surface area contributed by atoms with Gasteiger partial charge < -0.3 is 19.9 Å². The molecule has 0 radical (unpaired) electrons. The Bertz CT molecular complexity index is 280. The van der Waals surface area contributed by atoms with E-state index >= 15 is 0 Å². The Morgan fingerprint density at radius 2 is 1.57 bits per heavy atom. The molecule has 4 heteroatoms. The van der Waals surface area contributed by atoms with Crippen molar-refractivity contribution in [3.63, 3.8) is 0 Å². The fraction of sp³-hybridized carbons (Fsp3) is 1.00. The van der Waals surface area contributed by atoms with Crippen molar-refractivity contribution in [2.45, 2.75) is 44.6 Å². The van der Waals surface area contributed by atoms with Gasteiger partial charge in [-0.05, 0) is 83.7 Å². The van der Waals surface area contributed by atoms with E-state index in [1.54, 1.807) is 0 Å². The Morgan fingerprint density at radius 3 is 2.29 bits per heavy atom. The quantitative estimate of drug-likeness (QED) is 0.805. The van der Waals surface area contributed by atoms with Crippen LogP contribution >= 0.6 is 0 Å². The summed E-state index contributed by atoms with van der Waals surface area (Å²) in [6.45, 7) is 11.0. The van der Waals surface area contributed by atoms with Crippen LogP contribution in [0.4, 0.5) is 0 Å². The highest BCUT2D eigenvalue weighted by molar-refractivity contribution is 4.77. The van der Waals surface area contributed by atoms with Gasteiger partial charge in [-0.1, -0.05) is 0 Å². The summed E-state index contributed by atoms with van der Waals surface area (Å²) in [5.74, 6) is 0.949. The van der Waals surface area contributed by atoms with Crippen LogP contribution in [-0.4, -0.2) is 74.9 Å². The molecule has 4 nitrogen and oxygen atoms in total. The molecule has 0 aliphatic carbocycles. The molecule has 0 spiro atoms. The molecule has 0 saturated carbocycles. The van der Waals surface area contributed by atoms with Crippen molar-refractivity contribution in [3.8, 4) is 0 Å². The number of nitrogens with zero attached hydrogens (tertiary/aromatic N) is 2. The summed E-state index contributed by atoms with van der Waals surface area (Å²) in [5.41, 5.74) is 0. The number of likely N-dealkylation sites (tertiary alicyclic amines) is 2. The minimum Gasteiger partial charge on any atom is -0.377 e. The zero-order valence-corrected chi connectivity index (χ0v) is 13.6. The van der Waals surface area contributed by atoms with Crippen LogP contribution in [-0.2, 0) is 4.74 Å². The Kier molecular flexibility index (Phi) is 6.34. The highest BCUT2D eigenvalue weighted by atomic mass is 16.5. The number of hydrogen-bond donors (Lipinski definition) is 1. The van der Waals surface area contributed by atoms with Gasteiger partial charge in [-0.25, -0.2) is 0 Å². The summed E-state index contributed by atoms with van der Waals surface area (Å²) < 4.78 is 6.03. The van der Waals surface area contributed by atoms with Crippen LogP contribution in [0.3, 0.4) is 0 Å². The number of ether oxygens (including phenoxy) is 1. The van der Waals surface area contributed by atoms with E-state index in [1.807, 2.05) is 0 Å². The van der Waals surface area contributed by atoms with Gasteiger partial charge in [0.15, 0.2) is 0 Å². The molecular formula is C17H33N3O. The first kappa shape index (κ1) is 15.7. The lowest BCUT2D eigenvalue weighted by Gasteiger charge is -2.34. The third-order valence-electron chi connectivity index (χ3n) is 5.47. The van der Waals surface area contributed by atoms with Crippen molar-refractivity contribution >= 4 is 0 Å². The fourth-order valence-electron chi connectivity index (χ4n) is 4.03. The molecule has 3 aliphatic rings. The number of rotatable bonds is 6. The summed E-state index contributed by atoms with van der Waals surface area (Å²) in [6.07, 6.45) is 8.53. The van der Waals surface area contributed by atoms with Gasteiger partial charge in [0.05, 0.1) is 12.7 Å². The molecule has 3 heterocycles. The van der Waals surface area contributed by atoms with Gasteiger partial charge in [-0.3, -0.25) is 0 Å². The molecule has 1 N–H and O–H groups in total. The van der Waals surface area contributed by atoms with E-state index in [0.29, 0.717) is 6.10 Å². The maximum absolute atomic E-state index is 6.03. The Morgan fingerprint density at radius 1 is 0.857 bits per heavy atom. The SMILES string of the molecule is C1CCN(CC2CCN(CCOC3CCNCC3)CC2)C1. The number of piperidine rings is 2. The number of nitrogens with one attached hydrogen (secondary N) is 1. The number of hydrogen-bond acceptors (Lipinski definition) is 4. The first-order valence-electron chi connectivity index (χ1n) is 9.17. The average molecular weight is 295 g/mol. The first-order chi connectivity index (χ1) is 10.4. The molecular weight excluding hydrogens is 262 g/mol. The van der Waals surface area contributed by atoms with Gasteiger partial charge in [0.1, 0.15) is 0 Å². The van der Waals surface area contributed by atoms with Crippen LogP contribution in [0.5, 0.6) is 0 Å². The molecule has 0 unspecified atom stereocenters. The third-order valence-corrected chi connectivity index (χ3v) is 5.47. The normalized spacial score (nSPS) is 27.4. The zero-order valence-electron chi connectivity index (χ0n) is 13.6. The molecule has 3 aliphatic heterocycles. The van der Waals surface area contributed by atoms with Crippen molar-refractivity contribution in [3.05, 3.63) is 0 Å². The van der Waals surface area contributed by atoms with Gasteiger partial charge in [0.2, 0.25) is 0 Å². The van der Waals surface area contributed by atoms with E-state index in [2.05, 4.69) is 15.1 Å². The molecule has 3 rings (SSSR count). The van der Waals surface area contributed by atoms with Crippen LogP contribution in [0, 0.1) is 5.92 Å². The predicted molar refractivity (Wildman–Crippen MR) is 86.7 cm³/mol. The largest absolute Gasteiger partial charge is 0.377 e. The second kappa shape index (κ2) is 8.47. The minimum absolute atomic E-state index is 0.513. The summed E-state index contributed by atoms with van der Waals surface area (Å²) in [5, 5.41) is 3.39. The van der Waals surface area contributed by atoms with Crippen LogP contribution in [0.25, 0.3) is 0 Å². The zero-order chi connectivity index (χ0) is 14.3. The molecule has 0 atom stereocenters. The summed E-state index contributed by atoms with van der Waals surface area (Å²) in [7, 11) is 0. The summed E-state index contributed by atoms with van der Waals surface area (Å²) >= 11 is 0.